The van der Waals surface area contributed by atoms with E-state index in [1.54, 1.807) is 0 Å². The van der Waals surface area contributed by atoms with E-state index in [0.29, 0.717) is 5.02 Å². The molecule has 0 heterocycles. The zero-order valence-electron chi connectivity index (χ0n) is 11.5. The summed E-state index contributed by atoms with van der Waals surface area (Å²) in [4.78, 5) is 23.5. The van der Waals surface area contributed by atoms with Crippen LogP contribution in [0.15, 0.2) is 36.4 Å². The van der Waals surface area contributed by atoms with Crippen LogP contribution in [-0.4, -0.2) is 11.8 Å². The van der Waals surface area contributed by atoms with Crippen molar-refractivity contribution < 1.29 is 18.4 Å². The van der Waals surface area contributed by atoms with Gasteiger partial charge in [-0.1, -0.05) is 29.3 Å². The van der Waals surface area contributed by atoms with Gasteiger partial charge in [0.15, 0.2) is 0 Å². The molecule has 0 bridgehead atoms. The van der Waals surface area contributed by atoms with Gasteiger partial charge in [0.25, 0.3) is 0 Å². The van der Waals surface area contributed by atoms with Crippen molar-refractivity contribution in [2.45, 2.75) is 6.42 Å². The molecule has 23 heavy (non-hydrogen) atoms. The minimum atomic E-state index is -0.934. The number of para-hydroxylation sites is 1. The quantitative estimate of drug-likeness (QED) is 0.803. The molecule has 2 aromatic carbocycles. The summed E-state index contributed by atoms with van der Waals surface area (Å²) >= 11 is 11.7. The minimum Gasteiger partial charge on any atom is -0.324 e. The molecule has 0 aliphatic heterocycles. The van der Waals surface area contributed by atoms with Crippen LogP contribution in [0.25, 0.3) is 0 Å². The fourth-order valence-corrected chi connectivity index (χ4v) is 2.07. The van der Waals surface area contributed by atoms with Gasteiger partial charge in [-0.2, -0.15) is 0 Å². The van der Waals surface area contributed by atoms with E-state index in [2.05, 4.69) is 5.32 Å². The molecule has 8 heteroatoms. The van der Waals surface area contributed by atoms with Crippen LogP contribution in [0.1, 0.15) is 6.42 Å². The maximum Gasteiger partial charge on any atom is 0.233 e. The summed E-state index contributed by atoms with van der Waals surface area (Å²) in [6.45, 7) is 0. The molecule has 0 saturated heterocycles. The Labute approximate surface area is 140 Å². The Morgan fingerprint density at radius 2 is 1.57 bits per heavy atom. The van der Waals surface area contributed by atoms with E-state index in [1.165, 1.54) is 18.2 Å². The smallest absolute Gasteiger partial charge is 0.233 e. The molecule has 0 aromatic heterocycles. The number of benzene rings is 2. The van der Waals surface area contributed by atoms with E-state index in [1.807, 2.05) is 5.32 Å². The van der Waals surface area contributed by atoms with Crippen LogP contribution >= 0.6 is 23.2 Å². The van der Waals surface area contributed by atoms with Gasteiger partial charge in [-0.25, -0.2) is 8.78 Å². The highest BCUT2D eigenvalue weighted by atomic mass is 35.5. The topological polar surface area (TPSA) is 58.2 Å². The van der Waals surface area contributed by atoms with E-state index in [-0.39, 0.29) is 10.7 Å². The summed E-state index contributed by atoms with van der Waals surface area (Å²) < 4.78 is 26.8. The molecule has 0 aliphatic rings. The van der Waals surface area contributed by atoms with Gasteiger partial charge in [-0.3, -0.25) is 9.59 Å². The highest BCUT2D eigenvalue weighted by Gasteiger charge is 2.15. The summed E-state index contributed by atoms with van der Waals surface area (Å²) in [5, 5.41) is 4.99. The summed E-state index contributed by atoms with van der Waals surface area (Å²) in [5.74, 6) is -3.44. The van der Waals surface area contributed by atoms with Crippen LogP contribution < -0.4 is 10.6 Å². The summed E-state index contributed by atoms with van der Waals surface area (Å²) in [7, 11) is 0. The second-order valence-corrected chi connectivity index (χ2v) is 5.34. The molecule has 0 fully saturated rings. The fraction of sp³-hybridized carbons (Fsp3) is 0.0667. The highest BCUT2D eigenvalue weighted by molar-refractivity contribution is 6.35. The lowest BCUT2D eigenvalue weighted by atomic mass is 10.2. The SMILES string of the molecule is O=C(CC(=O)Nc1c(F)cccc1F)Nc1cc(Cl)ccc1Cl. The first-order valence-electron chi connectivity index (χ1n) is 6.35. The molecule has 0 radical (unpaired) electrons. The first-order chi connectivity index (χ1) is 10.9. The number of rotatable bonds is 4. The molecule has 2 aromatic rings. The normalized spacial score (nSPS) is 10.3. The Kier molecular flexibility index (Phi) is 5.52. The van der Waals surface area contributed by atoms with E-state index < -0.39 is 35.6 Å². The van der Waals surface area contributed by atoms with Gasteiger partial charge in [0.05, 0.1) is 10.7 Å². The third-order valence-electron chi connectivity index (χ3n) is 2.75. The van der Waals surface area contributed by atoms with Crippen molar-refractivity contribution in [2.75, 3.05) is 10.6 Å². The van der Waals surface area contributed by atoms with Crippen molar-refractivity contribution in [1.29, 1.82) is 0 Å². The standard InChI is InChI=1S/C15H10Cl2F2N2O2/c16-8-4-5-9(17)12(6-8)20-13(22)7-14(23)21-15-10(18)2-1-3-11(15)19/h1-6H,7H2,(H,20,22)(H,21,23). The molecular formula is C15H10Cl2F2N2O2. The molecule has 0 saturated carbocycles. The van der Waals surface area contributed by atoms with Crippen molar-refractivity contribution in [1.82, 2.24) is 0 Å². The highest BCUT2D eigenvalue weighted by Crippen LogP contribution is 2.25. The zero-order chi connectivity index (χ0) is 17.0. The molecule has 0 unspecified atom stereocenters. The van der Waals surface area contributed by atoms with Crippen LogP contribution in [-0.2, 0) is 9.59 Å². The summed E-state index contributed by atoms with van der Waals surface area (Å²) in [6.07, 6.45) is -0.642. The predicted molar refractivity (Wildman–Crippen MR) is 84.7 cm³/mol. The van der Waals surface area contributed by atoms with Crippen LogP contribution in [0.4, 0.5) is 20.2 Å². The van der Waals surface area contributed by atoms with E-state index in [9.17, 15) is 18.4 Å². The second-order valence-electron chi connectivity index (χ2n) is 4.49. The number of hydrogen-bond acceptors (Lipinski definition) is 2. The van der Waals surface area contributed by atoms with E-state index >= 15 is 0 Å². The second kappa shape index (κ2) is 7.39. The molecule has 120 valence electrons. The Hall–Kier alpha value is -2.18. The number of amides is 2. The Balaban J connectivity index is 2.00. The first kappa shape index (κ1) is 17.2. The fourth-order valence-electron chi connectivity index (χ4n) is 1.73. The van der Waals surface area contributed by atoms with Gasteiger partial charge in [0.1, 0.15) is 23.7 Å². The van der Waals surface area contributed by atoms with Gasteiger partial charge in [0, 0.05) is 5.02 Å². The largest absolute Gasteiger partial charge is 0.324 e. The van der Waals surface area contributed by atoms with Crippen LogP contribution in [0.3, 0.4) is 0 Å². The van der Waals surface area contributed by atoms with E-state index in [0.717, 1.165) is 18.2 Å². The molecule has 2 N–H and O–H groups in total. The zero-order valence-corrected chi connectivity index (χ0v) is 13.0. The number of carbonyl (C=O) groups is 2. The van der Waals surface area contributed by atoms with Crippen molar-refractivity contribution in [3.05, 3.63) is 58.1 Å². The molecule has 0 atom stereocenters. The van der Waals surface area contributed by atoms with E-state index in [4.69, 9.17) is 23.2 Å². The molecule has 4 nitrogen and oxygen atoms in total. The van der Waals surface area contributed by atoms with Crippen LogP contribution in [0.2, 0.25) is 10.0 Å². The van der Waals surface area contributed by atoms with Gasteiger partial charge in [-0.15, -0.1) is 0 Å². The number of anilines is 2. The molecule has 2 amide bonds. The lowest BCUT2D eigenvalue weighted by Gasteiger charge is -2.09. The van der Waals surface area contributed by atoms with Gasteiger partial charge < -0.3 is 10.6 Å². The number of nitrogens with one attached hydrogen (secondary N) is 2. The Morgan fingerprint density at radius 3 is 2.22 bits per heavy atom. The maximum atomic E-state index is 13.4. The lowest BCUT2D eigenvalue weighted by Crippen LogP contribution is -2.22. The Morgan fingerprint density at radius 1 is 0.957 bits per heavy atom. The van der Waals surface area contributed by atoms with Gasteiger partial charge >= 0.3 is 0 Å². The van der Waals surface area contributed by atoms with Crippen molar-refractivity contribution in [3.63, 3.8) is 0 Å². The number of halogens is 4. The van der Waals surface area contributed by atoms with Crippen LogP contribution in [0.5, 0.6) is 0 Å². The third-order valence-corrected chi connectivity index (χ3v) is 3.32. The molecule has 2 rings (SSSR count). The average Bonchev–Trinajstić information content (AvgIpc) is 2.47. The average molecular weight is 359 g/mol. The maximum absolute atomic E-state index is 13.4. The number of carbonyl (C=O) groups excluding carboxylic acids is 2. The lowest BCUT2D eigenvalue weighted by molar-refractivity contribution is -0.123. The molecular weight excluding hydrogens is 349 g/mol. The first-order valence-corrected chi connectivity index (χ1v) is 7.11. The third kappa shape index (κ3) is 4.64. The van der Waals surface area contributed by atoms with Crippen molar-refractivity contribution in [2.24, 2.45) is 0 Å². The predicted octanol–water partition coefficient (Wildman–Crippen LogP) is 4.24. The van der Waals surface area contributed by atoms with Gasteiger partial charge in [0.2, 0.25) is 11.8 Å². The summed E-state index contributed by atoms with van der Waals surface area (Å²) in [5.41, 5.74) is -0.375. The van der Waals surface area contributed by atoms with Crippen molar-refractivity contribution >= 4 is 46.4 Å². The van der Waals surface area contributed by atoms with Crippen molar-refractivity contribution in [3.8, 4) is 0 Å². The molecule has 0 aliphatic carbocycles. The summed E-state index contributed by atoms with van der Waals surface area (Å²) in [6, 6.07) is 7.57. The van der Waals surface area contributed by atoms with Gasteiger partial charge in [-0.05, 0) is 30.3 Å². The Bertz CT molecular complexity index is 749. The monoisotopic (exact) mass is 358 g/mol. The molecule has 0 spiro atoms. The van der Waals surface area contributed by atoms with Crippen LogP contribution in [0, 0.1) is 11.6 Å². The number of hydrogen-bond donors (Lipinski definition) is 2. The minimum absolute atomic E-state index is 0.231.